The van der Waals surface area contributed by atoms with Gasteiger partial charge in [0, 0.05) is 30.5 Å². The maximum absolute atomic E-state index is 6.14. The van der Waals surface area contributed by atoms with E-state index < -0.39 is 0 Å². The van der Waals surface area contributed by atoms with Gasteiger partial charge in [0.05, 0.1) is 23.1 Å². The van der Waals surface area contributed by atoms with Crippen molar-refractivity contribution < 1.29 is 0 Å². The Kier molecular flexibility index (Phi) is 3.35. The van der Waals surface area contributed by atoms with Gasteiger partial charge < -0.3 is 10.6 Å². The molecule has 0 fully saturated rings. The second-order valence-electron chi connectivity index (χ2n) is 6.46. The number of hydrogen-bond acceptors (Lipinski definition) is 5. The van der Waals surface area contributed by atoms with Crippen LogP contribution in [0.3, 0.4) is 0 Å². The van der Waals surface area contributed by atoms with Crippen molar-refractivity contribution in [2.24, 2.45) is 0 Å². The van der Waals surface area contributed by atoms with Crippen molar-refractivity contribution >= 4 is 22.7 Å². The molecule has 2 N–H and O–H groups in total. The smallest absolute Gasteiger partial charge is 0.228 e. The molecule has 4 aromatic rings. The molecule has 0 spiro atoms. The minimum atomic E-state index is 0.524. The van der Waals surface area contributed by atoms with E-state index >= 15 is 0 Å². The highest BCUT2D eigenvalue weighted by Crippen LogP contribution is 2.26. The predicted octanol–water partition coefficient (Wildman–Crippen LogP) is 2.96. The van der Waals surface area contributed by atoms with E-state index in [1.807, 2.05) is 53.3 Å². The van der Waals surface area contributed by atoms with Gasteiger partial charge in [0.2, 0.25) is 5.95 Å². The Morgan fingerprint density at radius 3 is 2.62 bits per heavy atom. The standard InChI is InChI=1S/C20H18N6/c21-19-16-8-4-5-9-17(16)23-20(24-19)25-11-10-18-14(13-25)12-22-26(18)15-6-2-1-3-7-15/h1-9,12H,10-11,13H2,(H2,21,23,24). The Morgan fingerprint density at radius 1 is 0.923 bits per heavy atom. The Labute approximate surface area is 150 Å². The third-order valence-corrected chi connectivity index (χ3v) is 4.84. The minimum Gasteiger partial charge on any atom is -0.383 e. The van der Waals surface area contributed by atoms with Crippen molar-refractivity contribution in [3.05, 3.63) is 72.1 Å². The molecule has 0 amide bonds. The fourth-order valence-corrected chi connectivity index (χ4v) is 3.52. The van der Waals surface area contributed by atoms with Crippen molar-refractivity contribution in [3.8, 4) is 5.69 Å². The molecule has 26 heavy (non-hydrogen) atoms. The molecule has 3 heterocycles. The highest BCUT2D eigenvalue weighted by Gasteiger charge is 2.23. The van der Waals surface area contributed by atoms with Crippen molar-refractivity contribution in [1.29, 1.82) is 0 Å². The third-order valence-electron chi connectivity index (χ3n) is 4.84. The van der Waals surface area contributed by atoms with Gasteiger partial charge in [-0.15, -0.1) is 0 Å². The number of rotatable bonds is 2. The topological polar surface area (TPSA) is 72.9 Å². The van der Waals surface area contributed by atoms with Crippen molar-refractivity contribution in [2.45, 2.75) is 13.0 Å². The number of benzene rings is 2. The summed E-state index contributed by atoms with van der Waals surface area (Å²) in [6, 6.07) is 18.1. The van der Waals surface area contributed by atoms with Crippen LogP contribution in [0.1, 0.15) is 11.3 Å². The molecule has 0 bridgehead atoms. The summed E-state index contributed by atoms with van der Waals surface area (Å²) in [6.07, 6.45) is 2.83. The first kappa shape index (κ1) is 14.9. The molecule has 5 rings (SSSR count). The van der Waals surface area contributed by atoms with Crippen LogP contribution in [-0.2, 0) is 13.0 Å². The van der Waals surface area contributed by atoms with Crippen molar-refractivity contribution in [2.75, 3.05) is 17.2 Å². The second-order valence-corrected chi connectivity index (χ2v) is 6.46. The Hall–Kier alpha value is -3.41. The Morgan fingerprint density at radius 2 is 1.73 bits per heavy atom. The molecule has 0 unspecified atom stereocenters. The molecular formula is C20H18N6. The Bertz CT molecular complexity index is 1090. The van der Waals surface area contributed by atoms with Crippen LogP contribution < -0.4 is 10.6 Å². The molecule has 2 aromatic heterocycles. The second kappa shape index (κ2) is 5.84. The first-order valence-electron chi connectivity index (χ1n) is 8.68. The molecule has 0 saturated heterocycles. The molecule has 0 radical (unpaired) electrons. The number of para-hydroxylation sites is 2. The normalized spacial score (nSPS) is 13.8. The van der Waals surface area contributed by atoms with E-state index in [4.69, 9.17) is 10.7 Å². The van der Waals surface area contributed by atoms with Crippen LogP contribution in [0, 0.1) is 0 Å². The first-order chi connectivity index (χ1) is 12.8. The molecule has 0 atom stereocenters. The van der Waals surface area contributed by atoms with Crippen LogP contribution in [0.2, 0.25) is 0 Å². The zero-order chi connectivity index (χ0) is 17.5. The average molecular weight is 342 g/mol. The summed E-state index contributed by atoms with van der Waals surface area (Å²) in [5.74, 6) is 1.20. The first-order valence-corrected chi connectivity index (χ1v) is 8.68. The highest BCUT2D eigenvalue weighted by molar-refractivity contribution is 5.88. The van der Waals surface area contributed by atoms with Gasteiger partial charge in [-0.05, 0) is 24.3 Å². The number of nitrogens with zero attached hydrogens (tertiary/aromatic N) is 5. The van der Waals surface area contributed by atoms with E-state index in [0.29, 0.717) is 11.8 Å². The van der Waals surface area contributed by atoms with Crippen LogP contribution in [0.5, 0.6) is 0 Å². The van der Waals surface area contributed by atoms with Gasteiger partial charge >= 0.3 is 0 Å². The lowest BCUT2D eigenvalue weighted by atomic mass is 10.1. The van der Waals surface area contributed by atoms with Gasteiger partial charge in [-0.2, -0.15) is 10.1 Å². The van der Waals surface area contributed by atoms with E-state index in [1.54, 1.807) is 0 Å². The lowest BCUT2D eigenvalue weighted by Gasteiger charge is -2.27. The van der Waals surface area contributed by atoms with Crippen LogP contribution in [-0.4, -0.2) is 26.3 Å². The summed E-state index contributed by atoms with van der Waals surface area (Å²) in [4.78, 5) is 11.4. The van der Waals surface area contributed by atoms with Crippen LogP contribution in [0.15, 0.2) is 60.8 Å². The predicted molar refractivity (Wildman–Crippen MR) is 102 cm³/mol. The number of nitrogens with two attached hydrogens (primary N) is 1. The molecule has 6 nitrogen and oxygen atoms in total. The number of fused-ring (bicyclic) bond motifs is 2. The zero-order valence-corrected chi connectivity index (χ0v) is 14.2. The van der Waals surface area contributed by atoms with E-state index in [-0.39, 0.29) is 0 Å². The lowest BCUT2D eigenvalue weighted by Crippen LogP contribution is -2.32. The highest BCUT2D eigenvalue weighted by atomic mass is 15.3. The molecule has 0 aliphatic carbocycles. The van der Waals surface area contributed by atoms with Crippen molar-refractivity contribution in [1.82, 2.24) is 19.7 Å². The average Bonchev–Trinajstić information content (AvgIpc) is 3.12. The molecule has 1 aliphatic rings. The van der Waals surface area contributed by atoms with Crippen molar-refractivity contribution in [3.63, 3.8) is 0 Å². The van der Waals surface area contributed by atoms with Gasteiger partial charge in [-0.25, -0.2) is 9.67 Å². The maximum atomic E-state index is 6.14. The SMILES string of the molecule is Nc1nc(N2CCc3c(cnn3-c3ccccc3)C2)nc2ccccc12. The summed E-state index contributed by atoms with van der Waals surface area (Å²) < 4.78 is 2.03. The molecule has 6 heteroatoms. The van der Waals surface area contributed by atoms with Gasteiger partial charge in [-0.3, -0.25) is 0 Å². The number of aromatic nitrogens is 4. The number of nitrogen functional groups attached to an aromatic ring is 1. The maximum Gasteiger partial charge on any atom is 0.228 e. The number of anilines is 2. The Balaban J connectivity index is 1.49. The third kappa shape index (κ3) is 2.38. The zero-order valence-electron chi connectivity index (χ0n) is 14.2. The summed E-state index contributed by atoms with van der Waals surface area (Å²) >= 11 is 0. The molecule has 2 aromatic carbocycles. The monoisotopic (exact) mass is 342 g/mol. The molecule has 128 valence electrons. The lowest BCUT2D eigenvalue weighted by molar-refractivity contribution is 0.679. The molecular weight excluding hydrogens is 324 g/mol. The van der Waals surface area contributed by atoms with Crippen LogP contribution in [0.25, 0.3) is 16.6 Å². The summed E-state index contributed by atoms with van der Waals surface area (Å²) in [6.45, 7) is 1.57. The van der Waals surface area contributed by atoms with Crippen LogP contribution >= 0.6 is 0 Å². The summed E-state index contributed by atoms with van der Waals surface area (Å²) in [7, 11) is 0. The van der Waals surface area contributed by atoms with E-state index in [1.165, 1.54) is 11.3 Å². The van der Waals surface area contributed by atoms with Crippen LogP contribution in [0.4, 0.5) is 11.8 Å². The van der Waals surface area contributed by atoms with E-state index in [2.05, 4.69) is 27.1 Å². The minimum absolute atomic E-state index is 0.524. The summed E-state index contributed by atoms with van der Waals surface area (Å²) in [5.41, 5.74) is 10.6. The fraction of sp³-hybridized carbons (Fsp3) is 0.150. The number of hydrogen-bond donors (Lipinski definition) is 1. The molecule has 1 aliphatic heterocycles. The summed E-state index contributed by atoms with van der Waals surface area (Å²) in [5, 5.41) is 5.48. The van der Waals surface area contributed by atoms with Gasteiger partial charge in [0.15, 0.2) is 0 Å². The fourth-order valence-electron chi connectivity index (χ4n) is 3.52. The van der Waals surface area contributed by atoms with Gasteiger partial charge in [0.25, 0.3) is 0 Å². The molecule has 0 saturated carbocycles. The quantitative estimate of drug-likeness (QED) is 0.606. The van der Waals surface area contributed by atoms with E-state index in [9.17, 15) is 0 Å². The van der Waals surface area contributed by atoms with Gasteiger partial charge in [0.1, 0.15) is 5.82 Å². The largest absolute Gasteiger partial charge is 0.383 e. The van der Waals surface area contributed by atoms with Gasteiger partial charge in [-0.1, -0.05) is 30.3 Å². The van der Waals surface area contributed by atoms with E-state index in [0.717, 1.165) is 36.1 Å².